The molecule has 0 spiro atoms. The number of amides is 1. The fraction of sp³-hybridized carbons (Fsp3) is 0.778. The molecule has 1 aliphatic heterocycles. The molecule has 1 fully saturated rings. The summed E-state index contributed by atoms with van der Waals surface area (Å²) in [5.74, 6) is 0.236. The molecule has 12 heavy (non-hydrogen) atoms. The number of rotatable bonds is 3. The second-order valence-corrected chi connectivity index (χ2v) is 3.60. The molecular weight excluding hydrogens is 154 g/mol. The Bertz CT molecular complexity index is 199. The third-order valence-electron chi connectivity index (χ3n) is 2.25. The van der Waals surface area contributed by atoms with Gasteiger partial charge >= 0.3 is 0 Å². The highest BCUT2D eigenvalue weighted by Gasteiger charge is 2.26. The molecule has 0 saturated carbocycles. The minimum atomic E-state index is -0.0556. The number of ketones is 1. The van der Waals surface area contributed by atoms with Crippen LogP contribution in [0.5, 0.6) is 0 Å². The van der Waals surface area contributed by atoms with Gasteiger partial charge in [0.1, 0.15) is 5.78 Å². The molecule has 0 aromatic rings. The molecule has 1 amide bonds. The predicted octanol–water partition coefficient (Wildman–Crippen LogP) is 0.738. The molecule has 0 bridgehead atoms. The lowest BCUT2D eigenvalue weighted by molar-refractivity contribution is -0.128. The van der Waals surface area contributed by atoms with E-state index in [0.29, 0.717) is 6.42 Å². The molecule has 0 aromatic heterocycles. The summed E-state index contributed by atoms with van der Waals surface area (Å²) in [6.07, 6.45) is 1.24. The van der Waals surface area contributed by atoms with Crippen LogP contribution in [0, 0.1) is 11.8 Å². The lowest BCUT2D eigenvalue weighted by Gasteiger charge is -2.07. The van der Waals surface area contributed by atoms with E-state index >= 15 is 0 Å². The molecule has 0 aliphatic carbocycles. The van der Waals surface area contributed by atoms with E-state index < -0.39 is 0 Å². The summed E-state index contributed by atoms with van der Waals surface area (Å²) < 4.78 is 0. The van der Waals surface area contributed by atoms with Gasteiger partial charge in [0.15, 0.2) is 0 Å². The molecule has 0 unspecified atom stereocenters. The van der Waals surface area contributed by atoms with Gasteiger partial charge in [-0.15, -0.1) is 0 Å². The van der Waals surface area contributed by atoms with Crippen LogP contribution >= 0.6 is 0 Å². The van der Waals surface area contributed by atoms with Crippen molar-refractivity contribution in [3.05, 3.63) is 0 Å². The van der Waals surface area contributed by atoms with E-state index in [9.17, 15) is 9.59 Å². The highest BCUT2D eigenvalue weighted by molar-refractivity contribution is 5.88. The zero-order chi connectivity index (χ0) is 9.14. The molecule has 68 valence electrons. The zero-order valence-electron chi connectivity index (χ0n) is 7.59. The van der Waals surface area contributed by atoms with E-state index in [-0.39, 0.29) is 23.5 Å². The summed E-state index contributed by atoms with van der Waals surface area (Å²) >= 11 is 0. The number of hydrogen-bond donors (Lipinski definition) is 1. The van der Waals surface area contributed by atoms with Crippen LogP contribution in [0.1, 0.15) is 26.7 Å². The normalized spacial score (nSPS) is 22.9. The Morgan fingerprint density at radius 2 is 2.33 bits per heavy atom. The lowest BCUT2D eigenvalue weighted by atomic mass is 9.95. The number of carbonyl (C=O) groups excluding carboxylic acids is 2. The number of hydrogen-bond acceptors (Lipinski definition) is 2. The Labute approximate surface area is 72.5 Å². The quantitative estimate of drug-likeness (QED) is 0.677. The van der Waals surface area contributed by atoms with Gasteiger partial charge in [0.25, 0.3) is 0 Å². The van der Waals surface area contributed by atoms with E-state index in [1.807, 2.05) is 13.8 Å². The van der Waals surface area contributed by atoms with Crippen molar-refractivity contribution in [2.75, 3.05) is 6.54 Å². The van der Waals surface area contributed by atoms with Crippen LogP contribution in [0.3, 0.4) is 0 Å². The third-order valence-corrected chi connectivity index (χ3v) is 2.25. The van der Waals surface area contributed by atoms with Crippen molar-refractivity contribution in [3.63, 3.8) is 0 Å². The Kier molecular flexibility index (Phi) is 2.84. The minimum absolute atomic E-state index is 0.0454. The van der Waals surface area contributed by atoms with Crippen molar-refractivity contribution in [1.82, 2.24) is 5.32 Å². The van der Waals surface area contributed by atoms with E-state index in [1.54, 1.807) is 0 Å². The van der Waals surface area contributed by atoms with Crippen LogP contribution in [0.25, 0.3) is 0 Å². The van der Waals surface area contributed by atoms with Gasteiger partial charge in [0, 0.05) is 24.8 Å². The molecule has 1 rings (SSSR count). The van der Waals surface area contributed by atoms with Crippen molar-refractivity contribution in [1.29, 1.82) is 0 Å². The number of Topliss-reactive ketones (excluding diaryl/α,β-unsaturated/α-hetero) is 1. The Morgan fingerprint density at radius 3 is 2.75 bits per heavy atom. The fourth-order valence-corrected chi connectivity index (χ4v) is 1.32. The van der Waals surface area contributed by atoms with Gasteiger partial charge < -0.3 is 5.32 Å². The molecule has 1 N–H and O–H groups in total. The van der Waals surface area contributed by atoms with Gasteiger partial charge in [-0.05, 0) is 6.42 Å². The summed E-state index contributed by atoms with van der Waals surface area (Å²) in [6.45, 7) is 4.47. The summed E-state index contributed by atoms with van der Waals surface area (Å²) in [6, 6.07) is 0. The first kappa shape index (κ1) is 9.23. The molecule has 3 nitrogen and oxygen atoms in total. The highest BCUT2D eigenvalue weighted by Crippen LogP contribution is 2.16. The number of nitrogens with one attached hydrogen (secondary N) is 1. The standard InChI is InChI=1S/C9H15NO2/c1-6(2)8(11)5-7-3-4-10-9(7)12/h6-7H,3-5H2,1-2H3,(H,10,12)/t7-/m1/s1. The molecule has 3 heteroatoms. The first-order valence-electron chi connectivity index (χ1n) is 4.41. The van der Waals surface area contributed by atoms with Gasteiger partial charge in [-0.25, -0.2) is 0 Å². The summed E-state index contributed by atoms with van der Waals surface area (Å²) in [5, 5.41) is 2.72. The van der Waals surface area contributed by atoms with Crippen LogP contribution in [0.2, 0.25) is 0 Å². The van der Waals surface area contributed by atoms with E-state index in [0.717, 1.165) is 13.0 Å². The molecule has 1 aliphatic rings. The first-order chi connectivity index (χ1) is 5.61. The topological polar surface area (TPSA) is 46.2 Å². The van der Waals surface area contributed by atoms with E-state index in [1.165, 1.54) is 0 Å². The van der Waals surface area contributed by atoms with Crippen molar-refractivity contribution in [2.24, 2.45) is 11.8 Å². The van der Waals surface area contributed by atoms with Crippen molar-refractivity contribution in [2.45, 2.75) is 26.7 Å². The molecule has 1 saturated heterocycles. The van der Waals surface area contributed by atoms with E-state index in [2.05, 4.69) is 5.32 Å². The van der Waals surface area contributed by atoms with Gasteiger partial charge in [-0.3, -0.25) is 9.59 Å². The Balaban J connectivity index is 2.40. The molecular formula is C9H15NO2. The third kappa shape index (κ3) is 2.06. The van der Waals surface area contributed by atoms with Gasteiger partial charge in [-0.1, -0.05) is 13.8 Å². The summed E-state index contributed by atoms with van der Waals surface area (Å²) in [5.41, 5.74) is 0. The fourth-order valence-electron chi connectivity index (χ4n) is 1.32. The van der Waals surface area contributed by atoms with Gasteiger partial charge in [0.05, 0.1) is 0 Å². The van der Waals surface area contributed by atoms with Crippen LogP contribution in [0.15, 0.2) is 0 Å². The van der Waals surface area contributed by atoms with Crippen molar-refractivity contribution < 1.29 is 9.59 Å². The average molecular weight is 169 g/mol. The van der Waals surface area contributed by atoms with Gasteiger partial charge in [0.2, 0.25) is 5.91 Å². The first-order valence-corrected chi connectivity index (χ1v) is 4.41. The SMILES string of the molecule is CC(C)C(=O)C[C@H]1CCNC1=O. The lowest BCUT2D eigenvalue weighted by Crippen LogP contribution is -2.22. The molecule has 1 atom stereocenters. The van der Waals surface area contributed by atoms with Crippen LogP contribution in [-0.4, -0.2) is 18.2 Å². The monoisotopic (exact) mass is 169 g/mol. The maximum absolute atomic E-state index is 11.3. The largest absolute Gasteiger partial charge is 0.356 e. The smallest absolute Gasteiger partial charge is 0.223 e. The van der Waals surface area contributed by atoms with E-state index in [4.69, 9.17) is 0 Å². The highest BCUT2D eigenvalue weighted by atomic mass is 16.2. The second kappa shape index (κ2) is 3.70. The number of carbonyl (C=O) groups is 2. The Hall–Kier alpha value is -0.860. The van der Waals surface area contributed by atoms with Crippen molar-refractivity contribution in [3.8, 4) is 0 Å². The van der Waals surface area contributed by atoms with Crippen molar-refractivity contribution >= 4 is 11.7 Å². The van der Waals surface area contributed by atoms with Crippen LogP contribution in [0.4, 0.5) is 0 Å². The summed E-state index contributed by atoms with van der Waals surface area (Å²) in [4.78, 5) is 22.3. The summed E-state index contributed by atoms with van der Waals surface area (Å²) in [7, 11) is 0. The second-order valence-electron chi connectivity index (χ2n) is 3.60. The van der Waals surface area contributed by atoms with Crippen LogP contribution < -0.4 is 5.32 Å². The Morgan fingerprint density at radius 1 is 1.67 bits per heavy atom. The predicted molar refractivity (Wildman–Crippen MR) is 45.6 cm³/mol. The van der Waals surface area contributed by atoms with Crippen LogP contribution in [-0.2, 0) is 9.59 Å². The minimum Gasteiger partial charge on any atom is -0.356 e. The maximum atomic E-state index is 11.3. The maximum Gasteiger partial charge on any atom is 0.223 e. The average Bonchev–Trinajstić information content (AvgIpc) is 2.36. The molecule has 0 aromatic carbocycles. The molecule has 1 heterocycles. The molecule has 0 radical (unpaired) electrons. The van der Waals surface area contributed by atoms with Gasteiger partial charge in [-0.2, -0.15) is 0 Å². The zero-order valence-corrected chi connectivity index (χ0v) is 7.59.